The molecule has 0 saturated carbocycles. The lowest BCUT2D eigenvalue weighted by Crippen LogP contribution is -2.39. The third-order valence-electron chi connectivity index (χ3n) is 4.43. The number of amides is 1. The lowest BCUT2D eigenvalue weighted by atomic mass is 10.1. The number of nitrogens with two attached hydrogens (primary N) is 1. The topological polar surface area (TPSA) is 93.9 Å². The molecule has 1 amide bonds. The number of hydrogen-bond acceptors (Lipinski definition) is 6. The number of nitrogen functional groups attached to an aromatic ring is 1. The highest BCUT2D eigenvalue weighted by molar-refractivity contribution is 6.33. The maximum Gasteiger partial charge on any atom is 0.332 e. The smallest absolute Gasteiger partial charge is 0.332 e. The number of carbonyl (C=O) groups excluding carboxylic acids is 2. The summed E-state index contributed by atoms with van der Waals surface area (Å²) in [7, 11) is 2.83. The molecule has 8 heteroatoms. The SMILES string of the molecule is CCN1/C(=C/C(=O)OC)CCC1CNC(=O)c1cc(Cl)c(N)cc1OC. The van der Waals surface area contributed by atoms with Crippen LogP contribution in [-0.2, 0) is 9.53 Å². The van der Waals surface area contributed by atoms with Crippen LogP contribution in [0.5, 0.6) is 5.75 Å². The van der Waals surface area contributed by atoms with Crippen molar-refractivity contribution < 1.29 is 19.1 Å². The van der Waals surface area contributed by atoms with Gasteiger partial charge >= 0.3 is 5.97 Å². The first-order valence-electron chi connectivity index (χ1n) is 8.37. The fraction of sp³-hybridized carbons (Fsp3) is 0.444. The van der Waals surface area contributed by atoms with Gasteiger partial charge in [0.1, 0.15) is 5.75 Å². The molecule has 1 aromatic rings. The third kappa shape index (κ3) is 4.40. The van der Waals surface area contributed by atoms with Crippen LogP contribution in [0.15, 0.2) is 23.9 Å². The average Bonchev–Trinajstić information content (AvgIpc) is 3.02. The van der Waals surface area contributed by atoms with Crippen molar-refractivity contribution in [1.29, 1.82) is 0 Å². The summed E-state index contributed by atoms with van der Waals surface area (Å²) in [5, 5.41) is 3.21. The molecule has 1 saturated heterocycles. The van der Waals surface area contributed by atoms with E-state index in [1.54, 1.807) is 0 Å². The van der Waals surface area contributed by atoms with Crippen molar-refractivity contribution in [2.45, 2.75) is 25.8 Å². The van der Waals surface area contributed by atoms with Crippen LogP contribution in [0, 0.1) is 0 Å². The summed E-state index contributed by atoms with van der Waals surface area (Å²) in [6.45, 7) is 3.19. The Morgan fingerprint density at radius 2 is 2.15 bits per heavy atom. The predicted molar refractivity (Wildman–Crippen MR) is 100 cm³/mol. The number of nitrogens with zero attached hydrogens (tertiary/aromatic N) is 1. The minimum Gasteiger partial charge on any atom is -0.496 e. The molecule has 0 aliphatic carbocycles. The Morgan fingerprint density at radius 3 is 2.77 bits per heavy atom. The maximum atomic E-state index is 12.5. The largest absolute Gasteiger partial charge is 0.496 e. The van der Waals surface area contributed by atoms with E-state index in [4.69, 9.17) is 26.8 Å². The monoisotopic (exact) mass is 381 g/mol. The number of halogens is 1. The zero-order valence-electron chi connectivity index (χ0n) is 15.2. The van der Waals surface area contributed by atoms with Gasteiger partial charge in [0.25, 0.3) is 5.91 Å². The number of benzene rings is 1. The minimum atomic E-state index is -0.371. The zero-order chi connectivity index (χ0) is 19.3. The predicted octanol–water partition coefficient (Wildman–Crippen LogP) is 2.20. The third-order valence-corrected chi connectivity index (χ3v) is 4.76. The standard InChI is InChI=1S/C18H24ClN3O4/c1-4-22-11(7-17(23)26-3)5-6-12(22)10-21-18(24)13-8-14(19)15(20)9-16(13)25-2/h7-9,12H,4-6,10,20H2,1-3H3,(H,21,24)/b11-7+. The lowest BCUT2D eigenvalue weighted by molar-refractivity contribution is -0.135. The van der Waals surface area contributed by atoms with E-state index in [1.807, 2.05) is 6.92 Å². The Morgan fingerprint density at radius 1 is 1.42 bits per heavy atom. The first kappa shape index (κ1) is 19.9. The molecule has 1 aromatic carbocycles. The van der Waals surface area contributed by atoms with E-state index in [-0.39, 0.29) is 17.9 Å². The van der Waals surface area contributed by atoms with Gasteiger partial charge in [-0.15, -0.1) is 0 Å². The summed E-state index contributed by atoms with van der Waals surface area (Å²) in [5.74, 6) is -0.288. The summed E-state index contributed by atoms with van der Waals surface area (Å²) in [6, 6.07) is 3.14. The quantitative estimate of drug-likeness (QED) is 0.445. The second-order valence-electron chi connectivity index (χ2n) is 5.92. The summed E-state index contributed by atoms with van der Waals surface area (Å²) in [5.41, 5.74) is 7.35. The van der Waals surface area contributed by atoms with Crippen molar-refractivity contribution in [3.8, 4) is 5.75 Å². The Balaban J connectivity index is 2.07. The van der Waals surface area contributed by atoms with Crippen LogP contribution in [0.3, 0.4) is 0 Å². The van der Waals surface area contributed by atoms with E-state index < -0.39 is 0 Å². The van der Waals surface area contributed by atoms with E-state index in [9.17, 15) is 9.59 Å². The van der Waals surface area contributed by atoms with E-state index in [0.29, 0.717) is 28.6 Å². The minimum absolute atomic E-state index is 0.107. The molecule has 1 atom stereocenters. The maximum absolute atomic E-state index is 12.5. The number of hydrogen-bond donors (Lipinski definition) is 2. The summed E-state index contributed by atoms with van der Waals surface area (Å²) < 4.78 is 9.91. The molecule has 1 fully saturated rings. The van der Waals surface area contributed by atoms with Gasteiger partial charge in [0.05, 0.1) is 30.5 Å². The number of methoxy groups -OCH3 is 2. The van der Waals surface area contributed by atoms with Crippen LogP contribution >= 0.6 is 11.6 Å². The Kier molecular flexibility index (Phi) is 6.74. The van der Waals surface area contributed by atoms with Crippen LogP contribution in [0.4, 0.5) is 5.69 Å². The first-order chi connectivity index (χ1) is 12.4. The Bertz CT molecular complexity index is 721. The molecule has 3 N–H and O–H groups in total. The van der Waals surface area contributed by atoms with Crippen molar-refractivity contribution in [3.63, 3.8) is 0 Å². The van der Waals surface area contributed by atoms with Crippen molar-refractivity contribution >= 4 is 29.2 Å². The first-order valence-corrected chi connectivity index (χ1v) is 8.75. The second-order valence-corrected chi connectivity index (χ2v) is 6.33. The molecular formula is C18H24ClN3O4. The van der Waals surface area contributed by atoms with Crippen molar-refractivity contribution in [2.75, 3.05) is 33.0 Å². The number of rotatable bonds is 6. The van der Waals surface area contributed by atoms with E-state index >= 15 is 0 Å². The molecule has 1 aliphatic heterocycles. The number of allylic oxidation sites excluding steroid dienone is 1. The highest BCUT2D eigenvalue weighted by atomic mass is 35.5. The van der Waals surface area contributed by atoms with Crippen molar-refractivity contribution in [3.05, 3.63) is 34.5 Å². The number of likely N-dealkylation sites (tertiary alicyclic amines) is 1. The highest BCUT2D eigenvalue weighted by Gasteiger charge is 2.28. The zero-order valence-corrected chi connectivity index (χ0v) is 15.9. The molecule has 1 unspecified atom stereocenters. The van der Waals surface area contributed by atoms with E-state index in [2.05, 4.69) is 10.2 Å². The molecule has 0 bridgehead atoms. The number of likely N-dealkylation sites (N-methyl/N-ethyl adjacent to an activating group) is 1. The molecule has 1 aliphatic rings. The number of ether oxygens (including phenoxy) is 2. The van der Waals surface area contributed by atoms with Gasteiger partial charge in [-0.1, -0.05) is 11.6 Å². The molecule has 7 nitrogen and oxygen atoms in total. The Hall–Kier alpha value is -2.41. The molecule has 26 heavy (non-hydrogen) atoms. The molecule has 0 radical (unpaired) electrons. The number of nitrogens with one attached hydrogen (secondary N) is 1. The normalized spacial score (nSPS) is 18.1. The number of carbonyl (C=O) groups is 2. The average molecular weight is 382 g/mol. The van der Waals surface area contributed by atoms with Gasteiger partial charge in [0.15, 0.2) is 0 Å². The van der Waals surface area contributed by atoms with Gasteiger partial charge < -0.3 is 25.4 Å². The molecule has 0 aromatic heterocycles. The van der Waals surface area contributed by atoms with Crippen LogP contribution in [0.25, 0.3) is 0 Å². The highest BCUT2D eigenvalue weighted by Crippen LogP contribution is 2.29. The van der Waals surface area contributed by atoms with Crippen molar-refractivity contribution in [1.82, 2.24) is 10.2 Å². The molecule has 1 heterocycles. The number of esters is 1. The van der Waals surface area contributed by atoms with E-state index in [1.165, 1.54) is 32.4 Å². The van der Waals surface area contributed by atoms with Crippen LogP contribution in [-0.4, -0.2) is 50.1 Å². The second kappa shape index (κ2) is 8.80. The summed E-state index contributed by atoms with van der Waals surface area (Å²) in [4.78, 5) is 26.1. The van der Waals surface area contributed by atoms with Gasteiger partial charge in [0.2, 0.25) is 0 Å². The van der Waals surface area contributed by atoms with E-state index in [0.717, 1.165) is 25.1 Å². The molecular weight excluding hydrogens is 358 g/mol. The van der Waals surface area contributed by atoms with Gasteiger partial charge in [0, 0.05) is 37.0 Å². The summed E-state index contributed by atoms with van der Waals surface area (Å²) >= 11 is 6.02. The van der Waals surface area contributed by atoms with Gasteiger partial charge in [-0.25, -0.2) is 4.79 Å². The summed E-state index contributed by atoms with van der Waals surface area (Å²) in [6.07, 6.45) is 3.12. The van der Waals surface area contributed by atoms with Gasteiger partial charge in [-0.05, 0) is 25.8 Å². The van der Waals surface area contributed by atoms with Crippen LogP contribution < -0.4 is 15.8 Å². The van der Waals surface area contributed by atoms with Crippen LogP contribution in [0.2, 0.25) is 5.02 Å². The Labute approximate surface area is 158 Å². The fourth-order valence-electron chi connectivity index (χ4n) is 3.09. The van der Waals surface area contributed by atoms with Gasteiger partial charge in [-0.3, -0.25) is 4.79 Å². The van der Waals surface area contributed by atoms with Gasteiger partial charge in [-0.2, -0.15) is 0 Å². The van der Waals surface area contributed by atoms with Crippen LogP contribution in [0.1, 0.15) is 30.1 Å². The van der Waals surface area contributed by atoms with Crippen molar-refractivity contribution in [2.24, 2.45) is 0 Å². The lowest BCUT2D eigenvalue weighted by Gasteiger charge is -2.26. The fourth-order valence-corrected chi connectivity index (χ4v) is 3.26. The molecule has 142 valence electrons. The number of anilines is 1. The molecule has 2 rings (SSSR count). The molecule has 0 spiro atoms.